The number of urea groups is 1. The number of rotatable bonds is 5. The largest absolute Gasteiger partial charge is 0.396 e. The van der Waals surface area contributed by atoms with Crippen molar-refractivity contribution in [2.45, 2.75) is 19.8 Å². The van der Waals surface area contributed by atoms with E-state index in [9.17, 15) is 9.90 Å². The van der Waals surface area contributed by atoms with E-state index in [2.05, 4.69) is 10.6 Å². The van der Waals surface area contributed by atoms with Crippen LogP contribution < -0.4 is 15.5 Å². The number of aryl methyl sites for hydroxylation is 1. The number of nitrogens with one attached hydrogen (secondary N) is 2. The Morgan fingerprint density at radius 2 is 2.10 bits per heavy atom. The van der Waals surface area contributed by atoms with Crippen molar-refractivity contribution >= 4 is 17.4 Å². The van der Waals surface area contributed by atoms with E-state index in [-0.39, 0.29) is 18.1 Å². The van der Waals surface area contributed by atoms with Crippen molar-refractivity contribution < 1.29 is 9.90 Å². The Balaban J connectivity index is 1.89. The molecule has 0 aromatic heterocycles. The summed E-state index contributed by atoms with van der Waals surface area (Å²) in [5.74, 6) is 0. The maximum absolute atomic E-state index is 11.8. The summed E-state index contributed by atoms with van der Waals surface area (Å²) in [6, 6.07) is 5.61. The Morgan fingerprint density at radius 3 is 2.60 bits per heavy atom. The van der Waals surface area contributed by atoms with Crippen LogP contribution in [-0.2, 0) is 0 Å². The standard InChI is InChI=1S/C15H23N3O2/c1-11-8-12(4-5-13(11)18(2)3)17-14(20)16-9-15(10-19)6-7-15/h4-5,8,19H,6-7,9-10H2,1-3H3,(H2,16,17,20). The average Bonchev–Trinajstić information content (AvgIpc) is 3.17. The molecule has 0 atom stereocenters. The summed E-state index contributed by atoms with van der Waals surface area (Å²) in [7, 11) is 3.98. The van der Waals surface area contributed by atoms with Gasteiger partial charge in [0.05, 0.1) is 6.61 Å². The van der Waals surface area contributed by atoms with Crippen molar-refractivity contribution in [1.82, 2.24) is 5.32 Å². The number of anilines is 2. The number of hydrogen-bond acceptors (Lipinski definition) is 3. The Labute approximate surface area is 120 Å². The summed E-state index contributed by atoms with van der Waals surface area (Å²) in [4.78, 5) is 13.9. The van der Waals surface area contributed by atoms with E-state index in [1.54, 1.807) is 0 Å². The van der Waals surface area contributed by atoms with Gasteiger partial charge >= 0.3 is 6.03 Å². The molecule has 1 aromatic rings. The predicted molar refractivity (Wildman–Crippen MR) is 81.3 cm³/mol. The maximum Gasteiger partial charge on any atom is 0.319 e. The molecule has 0 bridgehead atoms. The molecule has 0 aliphatic heterocycles. The summed E-state index contributed by atoms with van der Waals surface area (Å²) in [6.07, 6.45) is 1.97. The lowest BCUT2D eigenvalue weighted by Gasteiger charge is -2.17. The monoisotopic (exact) mass is 277 g/mol. The van der Waals surface area contributed by atoms with E-state index in [1.165, 1.54) is 0 Å². The molecule has 1 saturated carbocycles. The van der Waals surface area contributed by atoms with Gasteiger partial charge in [0.1, 0.15) is 0 Å². The van der Waals surface area contributed by atoms with Gasteiger partial charge in [-0.15, -0.1) is 0 Å². The molecule has 0 unspecified atom stereocenters. The molecule has 0 spiro atoms. The summed E-state index contributed by atoms with van der Waals surface area (Å²) in [5.41, 5.74) is 2.96. The van der Waals surface area contributed by atoms with Gasteiger partial charge in [-0.25, -0.2) is 4.79 Å². The zero-order valence-corrected chi connectivity index (χ0v) is 12.4. The Kier molecular flexibility index (Phi) is 4.18. The van der Waals surface area contributed by atoms with E-state index >= 15 is 0 Å². The Hall–Kier alpha value is -1.75. The molecular weight excluding hydrogens is 254 g/mol. The topological polar surface area (TPSA) is 64.6 Å². The van der Waals surface area contributed by atoms with Gasteiger partial charge in [0.15, 0.2) is 0 Å². The van der Waals surface area contributed by atoms with Gasteiger partial charge in [-0.05, 0) is 43.5 Å². The predicted octanol–water partition coefficient (Wildman–Crippen LogP) is 1.96. The summed E-state index contributed by atoms with van der Waals surface area (Å²) in [5, 5.41) is 14.8. The number of carbonyl (C=O) groups is 1. The Bertz CT molecular complexity index is 496. The summed E-state index contributed by atoms with van der Waals surface area (Å²) < 4.78 is 0. The third kappa shape index (κ3) is 3.42. The first-order valence-corrected chi connectivity index (χ1v) is 6.89. The molecule has 3 N–H and O–H groups in total. The second kappa shape index (κ2) is 5.71. The highest BCUT2D eigenvalue weighted by Gasteiger charge is 2.42. The van der Waals surface area contributed by atoms with Gasteiger partial charge in [-0.1, -0.05) is 0 Å². The molecule has 110 valence electrons. The third-order valence-corrected chi connectivity index (χ3v) is 3.85. The molecule has 5 heteroatoms. The normalized spacial score (nSPS) is 15.6. The van der Waals surface area contributed by atoms with Gasteiger partial charge in [0.25, 0.3) is 0 Å². The van der Waals surface area contributed by atoms with Crippen molar-refractivity contribution in [3.8, 4) is 0 Å². The average molecular weight is 277 g/mol. The minimum absolute atomic E-state index is 0.0674. The highest BCUT2D eigenvalue weighted by atomic mass is 16.3. The van der Waals surface area contributed by atoms with E-state index < -0.39 is 0 Å². The highest BCUT2D eigenvalue weighted by molar-refractivity contribution is 5.89. The number of benzene rings is 1. The lowest BCUT2D eigenvalue weighted by Crippen LogP contribution is -2.35. The second-order valence-electron chi connectivity index (χ2n) is 5.86. The molecule has 20 heavy (non-hydrogen) atoms. The van der Waals surface area contributed by atoms with Crippen LogP contribution in [0.3, 0.4) is 0 Å². The van der Waals surface area contributed by atoms with Crippen molar-refractivity contribution in [2.75, 3.05) is 37.5 Å². The van der Waals surface area contributed by atoms with Crippen LogP contribution in [-0.4, -0.2) is 38.4 Å². The van der Waals surface area contributed by atoms with Crippen LogP contribution in [0.25, 0.3) is 0 Å². The fraction of sp³-hybridized carbons (Fsp3) is 0.533. The molecule has 5 nitrogen and oxygen atoms in total. The molecule has 1 aromatic carbocycles. The number of aliphatic hydroxyl groups is 1. The van der Waals surface area contributed by atoms with Crippen LogP contribution in [0.2, 0.25) is 0 Å². The molecule has 2 amide bonds. The van der Waals surface area contributed by atoms with Crippen LogP contribution in [0.1, 0.15) is 18.4 Å². The van der Waals surface area contributed by atoms with Crippen LogP contribution >= 0.6 is 0 Å². The molecule has 1 aliphatic carbocycles. The van der Waals surface area contributed by atoms with E-state index in [4.69, 9.17) is 0 Å². The first-order valence-electron chi connectivity index (χ1n) is 6.89. The highest BCUT2D eigenvalue weighted by Crippen LogP contribution is 2.44. The third-order valence-electron chi connectivity index (χ3n) is 3.85. The van der Waals surface area contributed by atoms with Crippen molar-refractivity contribution in [2.24, 2.45) is 5.41 Å². The zero-order valence-electron chi connectivity index (χ0n) is 12.4. The number of hydrogen-bond donors (Lipinski definition) is 3. The van der Waals surface area contributed by atoms with E-state index in [0.29, 0.717) is 6.54 Å². The first-order chi connectivity index (χ1) is 9.46. The molecule has 0 saturated heterocycles. The molecular formula is C15H23N3O2. The molecule has 1 fully saturated rings. The van der Waals surface area contributed by atoms with Crippen LogP contribution in [0.15, 0.2) is 18.2 Å². The Morgan fingerprint density at radius 1 is 1.40 bits per heavy atom. The van der Waals surface area contributed by atoms with Crippen molar-refractivity contribution in [1.29, 1.82) is 0 Å². The van der Waals surface area contributed by atoms with Crippen LogP contribution in [0, 0.1) is 12.3 Å². The minimum atomic E-state index is -0.221. The van der Waals surface area contributed by atoms with Crippen molar-refractivity contribution in [3.63, 3.8) is 0 Å². The molecule has 1 aliphatic rings. The fourth-order valence-corrected chi connectivity index (χ4v) is 2.25. The van der Waals surface area contributed by atoms with Crippen LogP contribution in [0.4, 0.5) is 16.2 Å². The van der Waals surface area contributed by atoms with Gasteiger partial charge < -0.3 is 20.6 Å². The molecule has 2 rings (SSSR count). The summed E-state index contributed by atoms with van der Waals surface area (Å²) in [6.45, 7) is 2.69. The fourth-order valence-electron chi connectivity index (χ4n) is 2.25. The number of carbonyl (C=O) groups excluding carboxylic acids is 1. The molecule has 0 heterocycles. The zero-order chi connectivity index (χ0) is 14.8. The van der Waals surface area contributed by atoms with Gasteiger partial charge in [0, 0.05) is 37.4 Å². The lowest BCUT2D eigenvalue weighted by molar-refractivity contribution is 0.206. The quantitative estimate of drug-likeness (QED) is 0.771. The van der Waals surface area contributed by atoms with Crippen molar-refractivity contribution in [3.05, 3.63) is 23.8 Å². The first kappa shape index (κ1) is 14.7. The number of aliphatic hydroxyl groups excluding tert-OH is 1. The SMILES string of the molecule is Cc1cc(NC(=O)NCC2(CO)CC2)ccc1N(C)C. The lowest BCUT2D eigenvalue weighted by atomic mass is 10.1. The van der Waals surface area contributed by atoms with E-state index in [0.717, 1.165) is 29.8 Å². The minimum Gasteiger partial charge on any atom is -0.396 e. The van der Waals surface area contributed by atoms with Gasteiger partial charge in [-0.2, -0.15) is 0 Å². The van der Waals surface area contributed by atoms with Crippen LogP contribution in [0.5, 0.6) is 0 Å². The van der Waals surface area contributed by atoms with Gasteiger partial charge in [0.2, 0.25) is 0 Å². The molecule has 0 radical (unpaired) electrons. The number of nitrogens with zero attached hydrogens (tertiary/aromatic N) is 1. The maximum atomic E-state index is 11.8. The van der Waals surface area contributed by atoms with E-state index in [1.807, 2.05) is 44.1 Å². The summed E-state index contributed by atoms with van der Waals surface area (Å²) >= 11 is 0. The smallest absolute Gasteiger partial charge is 0.319 e. The number of amides is 2. The van der Waals surface area contributed by atoms with Gasteiger partial charge in [-0.3, -0.25) is 0 Å². The second-order valence-corrected chi connectivity index (χ2v) is 5.86.